The molecule has 0 amide bonds. The van der Waals surface area contributed by atoms with Crippen LogP contribution in [0.25, 0.3) is 0 Å². The summed E-state index contributed by atoms with van der Waals surface area (Å²) in [5.41, 5.74) is 5.09. The van der Waals surface area contributed by atoms with Crippen LogP contribution in [0.15, 0.2) is 72.3 Å². The van der Waals surface area contributed by atoms with E-state index in [4.69, 9.17) is 0 Å². The zero-order valence-electron chi connectivity index (χ0n) is 18.3. The summed E-state index contributed by atoms with van der Waals surface area (Å²) in [6, 6.07) is 10.9. The molecule has 2 aromatic rings. The maximum atomic E-state index is 13.1. The van der Waals surface area contributed by atoms with Crippen molar-refractivity contribution < 1.29 is 4.39 Å². The fraction of sp³-hybridized carbons (Fsp3) is 0.423. The number of nitrogens with zero attached hydrogens (tertiary/aromatic N) is 3. The Kier molecular flexibility index (Phi) is 7.36. The van der Waals surface area contributed by atoms with Gasteiger partial charge in [-0.05, 0) is 55.7 Å². The lowest BCUT2D eigenvalue weighted by Crippen LogP contribution is -2.42. The molecular weight excluding hydrogens is 387 g/mol. The Morgan fingerprint density at radius 2 is 1.90 bits per heavy atom. The first-order valence-electron chi connectivity index (χ1n) is 11.4. The number of halogens is 1. The minimum atomic E-state index is -0.168. The highest BCUT2D eigenvalue weighted by atomic mass is 19.1. The van der Waals surface area contributed by atoms with Crippen molar-refractivity contribution in [3.05, 3.63) is 84.2 Å². The molecule has 1 N–H and O–H groups in total. The molecule has 0 saturated carbocycles. The molecule has 0 spiro atoms. The highest BCUT2D eigenvalue weighted by Gasteiger charge is 2.19. The maximum absolute atomic E-state index is 13.1. The molecule has 0 unspecified atom stereocenters. The molecule has 164 valence electrons. The number of rotatable bonds is 9. The maximum Gasteiger partial charge on any atom is 0.140 e. The van der Waals surface area contributed by atoms with E-state index in [1.165, 1.54) is 22.9 Å². The number of hydrogen-bond acceptors (Lipinski definition) is 3. The van der Waals surface area contributed by atoms with E-state index in [1.54, 1.807) is 12.4 Å². The summed E-state index contributed by atoms with van der Waals surface area (Å²) in [6.07, 6.45) is 14.7. The third-order valence-corrected chi connectivity index (χ3v) is 6.18. The molecule has 4 nitrogen and oxygen atoms in total. The molecule has 3 heterocycles. The summed E-state index contributed by atoms with van der Waals surface area (Å²) in [6.45, 7) is 7.06. The van der Waals surface area contributed by atoms with Gasteiger partial charge in [-0.1, -0.05) is 36.9 Å². The Balaban J connectivity index is 1.15. The molecule has 0 atom stereocenters. The number of allylic oxidation sites excluding steroid dienone is 2. The number of likely N-dealkylation sites (tertiary alicyclic amines) is 1. The first-order chi connectivity index (χ1) is 15.1. The molecular formula is C26H33FN4. The van der Waals surface area contributed by atoms with Crippen molar-refractivity contribution >= 4 is 5.71 Å². The van der Waals surface area contributed by atoms with E-state index in [-0.39, 0.29) is 5.82 Å². The van der Waals surface area contributed by atoms with Gasteiger partial charge in [-0.25, -0.2) is 4.39 Å². The second-order valence-electron chi connectivity index (χ2n) is 8.74. The van der Waals surface area contributed by atoms with E-state index in [0.29, 0.717) is 6.04 Å². The van der Waals surface area contributed by atoms with Gasteiger partial charge in [0, 0.05) is 55.6 Å². The minimum absolute atomic E-state index is 0.168. The molecule has 0 aliphatic carbocycles. The highest BCUT2D eigenvalue weighted by molar-refractivity contribution is 5.87. The monoisotopic (exact) mass is 420 g/mol. The van der Waals surface area contributed by atoms with Crippen LogP contribution in [0.1, 0.15) is 43.2 Å². The van der Waals surface area contributed by atoms with E-state index < -0.39 is 0 Å². The van der Waals surface area contributed by atoms with Crippen LogP contribution in [0.5, 0.6) is 0 Å². The quantitative estimate of drug-likeness (QED) is 0.614. The Morgan fingerprint density at radius 1 is 1.13 bits per heavy atom. The lowest BCUT2D eigenvalue weighted by molar-refractivity contribution is 0.162. The van der Waals surface area contributed by atoms with Crippen molar-refractivity contribution in [3.8, 4) is 0 Å². The van der Waals surface area contributed by atoms with E-state index in [9.17, 15) is 4.39 Å². The standard InChI is InChI=1S/C26H33FN4/c1-21(29-25-12-16-30(17-13-25)20-31-15-11-24(27)19-31)5-6-22-7-9-23(10-8-22)18-26-4-2-3-14-28-26/h3,7-11,14-15,19,25,29H,1-2,4-6,12-13,16-18,20H2. The predicted octanol–water partition coefficient (Wildman–Crippen LogP) is 5.08. The van der Waals surface area contributed by atoms with Gasteiger partial charge in [-0.2, -0.15) is 0 Å². The average Bonchev–Trinajstić information content (AvgIpc) is 3.20. The van der Waals surface area contributed by atoms with E-state index in [2.05, 4.69) is 52.1 Å². The molecule has 1 aromatic heterocycles. The third-order valence-electron chi connectivity index (χ3n) is 6.18. The Labute approximate surface area is 185 Å². The second kappa shape index (κ2) is 10.6. The van der Waals surface area contributed by atoms with Gasteiger partial charge in [0.25, 0.3) is 0 Å². The summed E-state index contributed by atoms with van der Waals surface area (Å²) in [5, 5.41) is 3.63. The summed E-state index contributed by atoms with van der Waals surface area (Å²) >= 11 is 0. The Hall–Kier alpha value is -2.66. The molecule has 31 heavy (non-hydrogen) atoms. The zero-order valence-corrected chi connectivity index (χ0v) is 18.3. The second-order valence-corrected chi connectivity index (χ2v) is 8.74. The van der Waals surface area contributed by atoms with Gasteiger partial charge in [0.2, 0.25) is 0 Å². The van der Waals surface area contributed by atoms with Gasteiger partial charge in [-0.3, -0.25) is 9.89 Å². The van der Waals surface area contributed by atoms with Crippen LogP contribution in [-0.2, 0) is 19.5 Å². The van der Waals surface area contributed by atoms with Crippen LogP contribution >= 0.6 is 0 Å². The molecule has 0 radical (unpaired) electrons. The number of piperidine rings is 1. The topological polar surface area (TPSA) is 32.6 Å². The van der Waals surface area contributed by atoms with Crippen LogP contribution in [0.4, 0.5) is 4.39 Å². The van der Waals surface area contributed by atoms with Crippen molar-refractivity contribution in [2.45, 2.75) is 57.7 Å². The molecule has 2 aliphatic heterocycles. The van der Waals surface area contributed by atoms with Gasteiger partial charge >= 0.3 is 0 Å². The number of aliphatic imine (C=N–C) groups is 1. The summed E-state index contributed by atoms with van der Waals surface area (Å²) in [4.78, 5) is 6.86. The Morgan fingerprint density at radius 3 is 2.58 bits per heavy atom. The van der Waals surface area contributed by atoms with Crippen LogP contribution in [0, 0.1) is 5.82 Å². The summed E-state index contributed by atoms with van der Waals surface area (Å²) in [7, 11) is 0. The minimum Gasteiger partial charge on any atom is -0.386 e. The van der Waals surface area contributed by atoms with Gasteiger partial charge in [0.1, 0.15) is 5.82 Å². The molecule has 1 saturated heterocycles. The third kappa shape index (κ3) is 6.66. The lowest BCUT2D eigenvalue weighted by Gasteiger charge is -2.33. The number of nitrogens with one attached hydrogen (secondary N) is 1. The van der Waals surface area contributed by atoms with Crippen LogP contribution in [0.2, 0.25) is 0 Å². The first-order valence-corrected chi connectivity index (χ1v) is 11.4. The summed E-state index contributed by atoms with van der Waals surface area (Å²) < 4.78 is 15.0. The number of aryl methyl sites for hydroxylation is 1. The van der Waals surface area contributed by atoms with Crippen LogP contribution in [-0.4, -0.2) is 34.3 Å². The number of benzene rings is 1. The molecule has 1 aromatic carbocycles. The van der Waals surface area contributed by atoms with Gasteiger partial charge < -0.3 is 9.88 Å². The van der Waals surface area contributed by atoms with Crippen molar-refractivity contribution in [1.29, 1.82) is 0 Å². The fourth-order valence-corrected chi connectivity index (χ4v) is 4.35. The van der Waals surface area contributed by atoms with Crippen molar-refractivity contribution in [2.75, 3.05) is 13.1 Å². The Bertz CT molecular complexity index is 917. The molecule has 5 heteroatoms. The largest absolute Gasteiger partial charge is 0.386 e. The van der Waals surface area contributed by atoms with Gasteiger partial charge in [0.15, 0.2) is 0 Å². The zero-order chi connectivity index (χ0) is 21.5. The van der Waals surface area contributed by atoms with Gasteiger partial charge in [0.05, 0.1) is 6.67 Å². The highest BCUT2D eigenvalue weighted by Crippen LogP contribution is 2.16. The first kappa shape index (κ1) is 21.6. The molecule has 2 aliphatic rings. The molecule has 4 rings (SSSR count). The average molecular weight is 421 g/mol. The normalized spacial score (nSPS) is 17.5. The van der Waals surface area contributed by atoms with Crippen LogP contribution in [0.3, 0.4) is 0 Å². The molecule has 1 fully saturated rings. The lowest BCUT2D eigenvalue weighted by atomic mass is 10.0. The predicted molar refractivity (Wildman–Crippen MR) is 126 cm³/mol. The van der Waals surface area contributed by atoms with Crippen molar-refractivity contribution in [1.82, 2.24) is 14.8 Å². The van der Waals surface area contributed by atoms with Crippen LogP contribution < -0.4 is 5.32 Å². The smallest absolute Gasteiger partial charge is 0.140 e. The van der Waals surface area contributed by atoms with E-state index in [0.717, 1.165) is 70.4 Å². The van der Waals surface area contributed by atoms with Crippen molar-refractivity contribution in [2.24, 2.45) is 4.99 Å². The number of aromatic nitrogens is 1. The SMILES string of the molecule is C=C(CCc1ccc(CC2=NC=CCC2)cc1)NC1CCN(Cn2ccc(F)c2)CC1. The van der Waals surface area contributed by atoms with E-state index >= 15 is 0 Å². The summed E-state index contributed by atoms with van der Waals surface area (Å²) in [5.74, 6) is -0.168. The molecule has 0 bridgehead atoms. The van der Waals surface area contributed by atoms with E-state index in [1.807, 2.05) is 10.8 Å². The van der Waals surface area contributed by atoms with Gasteiger partial charge in [-0.15, -0.1) is 0 Å². The number of hydrogen-bond donors (Lipinski definition) is 1. The fourth-order valence-electron chi connectivity index (χ4n) is 4.35. The van der Waals surface area contributed by atoms with Crippen molar-refractivity contribution in [3.63, 3.8) is 0 Å².